The van der Waals surface area contributed by atoms with Gasteiger partial charge in [-0.15, -0.1) is 0 Å². The summed E-state index contributed by atoms with van der Waals surface area (Å²) < 4.78 is 5.68. The Bertz CT molecular complexity index is 256. The molecule has 2 aliphatic rings. The Hall–Kier alpha value is -0.610. The number of carboxylic acid groups (broad SMARTS) is 1. The highest BCUT2D eigenvalue weighted by Crippen LogP contribution is 2.28. The Morgan fingerprint density at radius 3 is 2.50 bits per heavy atom. The van der Waals surface area contributed by atoms with Crippen molar-refractivity contribution < 1.29 is 14.6 Å². The third-order valence-electron chi connectivity index (χ3n) is 4.28. The Morgan fingerprint density at radius 2 is 1.89 bits per heavy atom. The summed E-state index contributed by atoms with van der Waals surface area (Å²) in [5.41, 5.74) is 0. The summed E-state index contributed by atoms with van der Waals surface area (Å²) in [6.07, 6.45) is 7.87. The molecule has 0 aromatic heterocycles. The maximum Gasteiger partial charge on any atom is 0.306 e. The van der Waals surface area contributed by atoms with Crippen molar-refractivity contribution in [2.24, 2.45) is 11.8 Å². The van der Waals surface area contributed by atoms with Crippen LogP contribution in [0.15, 0.2) is 0 Å². The van der Waals surface area contributed by atoms with E-state index >= 15 is 0 Å². The predicted octanol–water partition coefficient (Wildman–Crippen LogP) is 2.04. The summed E-state index contributed by atoms with van der Waals surface area (Å²) >= 11 is 0. The monoisotopic (exact) mass is 255 g/mol. The van der Waals surface area contributed by atoms with Gasteiger partial charge in [-0.25, -0.2) is 0 Å². The highest BCUT2D eigenvalue weighted by Gasteiger charge is 2.25. The molecule has 2 rings (SSSR count). The van der Waals surface area contributed by atoms with Gasteiger partial charge in [0.15, 0.2) is 0 Å². The van der Waals surface area contributed by atoms with E-state index in [-0.39, 0.29) is 5.92 Å². The van der Waals surface area contributed by atoms with Gasteiger partial charge < -0.3 is 15.2 Å². The average Bonchev–Trinajstić information content (AvgIpc) is 2.40. The molecule has 1 unspecified atom stereocenters. The molecule has 18 heavy (non-hydrogen) atoms. The van der Waals surface area contributed by atoms with Gasteiger partial charge in [0.25, 0.3) is 0 Å². The molecule has 2 N–H and O–H groups in total. The van der Waals surface area contributed by atoms with Gasteiger partial charge in [0.2, 0.25) is 0 Å². The van der Waals surface area contributed by atoms with Crippen LogP contribution in [-0.2, 0) is 9.53 Å². The van der Waals surface area contributed by atoms with E-state index < -0.39 is 5.97 Å². The Kier molecular flexibility index (Phi) is 5.45. The van der Waals surface area contributed by atoms with Gasteiger partial charge in [0.1, 0.15) is 0 Å². The molecule has 2 fully saturated rings. The summed E-state index contributed by atoms with van der Waals surface area (Å²) in [7, 11) is 0. The van der Waals surface area contributed by atoms with Crippen LogP contribution in [-0.4, -0.2) is 36.9 Å². The first-order valence-electron chi connectivity index (χ1n) is 7.31. The van der Waals surface area contributed by atoms with Gasteiger partial charge in [-0.3, -0.25) is 4.79 Å². The van der Waals surface area contributed by atoms with Crippen LogP contribution in [0.4, 0.5) is 0 Å². The van der Waals surface area contributed by atoms with Crippen LogP contribution < -0.4 is 5.32 Å². The highest BCUT2D eigenvalue weighted by atomic mass is 16.5. The highest BCUT2D eigenvalue weighted by molar-refractivity contribution is 5.69. The molecule has 1 aliphatic carbocycles. The van der Waals surface area contributed by atoms with Crippen molar-refractivity contribution >= 4 is 5.97 Å². The first kappa shape index (κ1) is 13.8. The Balaban J connectivity index is 1.56. The van der Waals surface area contributed by atoms with Crippen LogP contribution in [0.5, 0.6) is 0 Å². The molecular weight excluding hydrogens is 230 g/mol. The lowest BCUT2D eigenvalue weighted by Gasteiger charge is -2.28. The summed E-state index contributed by atoms with van der Waals surface area (Å²) in [6.45, 7) is 2.89. The van der Waals surface area contributed by atoms with Gasteiger partial charge in [-0.05, 0) is 57.4 Å². The van der Waals surface area contributed by atoms with E-state index in [1.165, 1.54) is 19.3 Å². The minimum Gasteiger partial charge on any atom is -0.481 e. The van der Waals surface area contributed by atoms with Crippen molar-refractivity contribution in [3.05, 3.63) is 0 Å². The Morgan fingerprint density at radius 1 is 1.11 bits per heavy atom. The second-order valence-corrected chi connectivity index (χ2v) is 5.70. The van der Waals surface area contributed by atoms with Crippen molar-refractivity contribution in [2.75, 3.05) is 19.7 Å². The van der Waals surface area contributed by atoms with Gasteiger partial charge in [0.05, 0.1) is 12.0 Å². The fraction of sp³-hybridized carbons (Fsp3) is 0.929. The molecule has 1 aliphatic heterocycles. The van der Waals surface area contributed by atoms with Crippen LogP contribution in [0.3, 0.4) is 0 Å². The standard InChI is InChI=1S/C14H25NO3/c16-14(17)12-6-4-11(5-7-12)9-15-10-13-3-1-2-8-18-13/h11-13,15H,1-10H2,(H,16,17). The average molecular weight is 255 g/mol. The van der Waals surface area contributed by atoms with Gasteiger partial charge >= 0.3 is 5.97 Å². The largest absolute Gasteiger partial charge is 0.481 e. The number of carboxylic acids is 1. The number of ether oxygens (including phenoxy) is 1. The molecule has 0 spiro atoms. The van der Waals surface area contributed by atoms with E-state index in [2.05, 4.69) is 5.32 Å². The molecule has 4 nitrogen and oxygen atoms in total. The predicted molar refractivity (Wildman–Crippen MR) is 69.5 cm³/mol. The first-order valence-corrected chi connectivity index (χ1v) is 7.31. The van der Waals surface area contributed by atoms with Crippen molar-refractivity contribution in [1.29, 1.82) is 0 Å². The summed E-state index contributed by atoms with van der Waals surface area (Å²) in [5, 5.41) is 12.4. The Labute approximate surface area is 109 Å². The van der Waals surface area contributed by atoms with Crippen molar-refractivity contribution in [3.8, 4) is 0 Å². The molecule has 4 heteroatoms. The van der Waals surface area contributed by atoms with Crippen molar-refractivity contribution in [3.63, 3.8) is 0 Å². The van der Waals surface area contributed by atoms with E-state index in [0.717, 1.165) is 45.4 Å². The van der Waals surface area contributed by atoms with Crippen LogP contribution in [0.2, 0.25) is 0 Å². The van der Waals surface area contributed by atoms with E-state index in [1.807, 2.05) is 0 Å². The number of hydrogen-bond donors (Lipinski definition) is 2. The fourth-order valence-corrected chi connectivity index (χ4v) is 3.03. The van der Waals surface area contributed by atoms with E-state index in [9.17, 15) is 4.79 Å². The zero-order valence-electron chi connectivity index (χ0n) is 11.1. The number of carbonyl (C=O) groups is 1. The first-order chi connectivity index (χ1) is 8.75. The van der Waals surface area contributed by atoms with E-state index in [4.69, 9.17) is 9.84 Å². The van der Waals surface area contributed by atoms with E-state index in [0.29, 0.717) is 12.0 Å². The molecule has 1 heterocycles. The normalized spacial score (nSPS) is 33.2. The SMILES string of the molecule is O=C(O)C1CCC(CNCC2CCCCO2)CC1. The minimum absolute atomic E-state index is 0.0945. The summed E-state index contributed by atoms with van der Waals surface area (Å²) in [5.74, 6) is -0.0517. The maximum absolute atomic E-state index is 10.8. The molecule has 1 saturated heterocycles. The van der Waals surface area contributed by atoms with Crippen LogP contribution in [0.1, 0.15) is 44.9 Å². The molecular formula is C14H25NO3. The summed E-state index contributed by atoms with van der Waals surface area (Å²) in [4.78, 5) is 10.8. The molecule has 0 radical (unpaired) electrons. The molecule has 104 valence electrons. The number of aliphatic carboxylic acids is 1. The minimum atomic E-state index is -0.614. The molecule has 1 atom stereocenters. The van der Waals surface area contributed by atoms with Gasteiger partial charge in [0, 0.05) is 13.2 Å². The summed E-state index contributed by atoms with van der Waals surface area (Å²) in [6, 6.07) is 0. The second kappa shape index (κ2) is 7.10. The quantitative estimate of drug-likeness (QED) is 0.789. The molecule has 0 aromatic carbocycles. The third kappa shape index (κ3) is 4.25. The number of nitrogens with one attached hydrogen (secondary N) is 1. The lowest BCUT2D eigenvalue weighted by atomic mass is 9.82. The third-order valence-corrected chi connectivity index (χ3v) is 4.28. The topological polar surface area (TPSA) is 58.6 Å². The van der Waals surface area contributed by atoms with Crippen LogP contribution in [0, 0.1) is 11.8 Å². The van der Waals surface area contributed by atoms with Crippen LogP contribution in [0.25, 0.3) is 0 Å². The second-order valence-electron chi connectivity index (χ2n) is 5.70. The number of rotatable bonds is 5. The van der Waals surface area contributed by atoms with Gasteiger partial charge in [-0.1, -0.05) is 0 Å². The van der Waals surface area contributed by atoms with E-state index in [1.54, 1.807) is 0 Å². The lowest BCUT2D eigenvalue weighted by molar-refractivity contribution is -0.143. The molecule has 0 bridgehead atoms. The van der Waals surface area contributed by atoms with Crippen molar-refractivity contribution in [2.45, 2.75) is 51.0 Å². The van der Waals surface area contributed by atoms with Gasteiger partial charge in [-0.2, -0.15) is 0 Å². The zero-order chi connectivity index (χ0) is 12.8. The molecule has 1 saturated carbocycles. The molecule has 0 amide bonds. The lowest BCUT2D eigenvalue weighted by Crippen LogP contribution is -2.35. The molecule has 0 aromatic rings. The number of hydrogen-bond acceptors (Lipinski definition) is 3. The maximum atomic E-state index is 10.8. The smallest absolute Gasteiger partial charge is 0.306 e. The fourth-order valence-electron chi connectivity index (χ4n) is 3.03. The van der Waals surface area contributed by atoms with Crippen LogP contribution >= 0.6 is 0 Å². The zero-order valence-corrected chi connectivity index (χ0v) is 11.1. The van der Waals surface area contributed by atoms with Crippen molar-refractivity contribution in [1.82, 2.24) is 5.32 Å².